The molecule has 0 bridgehead atoms. The maximum Gasteiger partial charge on any atom is 0.155 e. The third-order valence-electron chi connectivity index (χ3n) is 3.35. The molecule has 0 aliphatic carbocycles. The van der Waals surface area contributed by atoms with Crippen molar-refractivity contribution in [2.75, 3.05) is 6.61 Å². The molecule has 1 unspecified atom stereocenters. The highest BCUT2D eigenvalue weighted by Crippen LogP contribution is 2.21. The van der Waals surface area contributed by atoms with E-state index < -0.39 is 0 Å². The molecule has 1 heterocycles. The quantitative estimate of drug-likeness (QED) is 0.707. The molecule has 0 radical (unpaired) electrons. The van der Waals surface area contributed by atoms with Gasteiger partial charge in [0, 0.05) is 5.92 Å². The Morgan fingerprint density at radius 1 is 1.05 bits per heavy atom. The van der Waals surface area contributed by atoms with Crippen LogP contribution in [-0.4, -0.2) is 16.6 Å². The van der Waals surface area contributed by atoms with Crippen molar-refractivity contribution in [1.29, 1.82) is 0 Å². The first-order chi connectivity index (χ1) is 9.81. The Bertz CT molecular complexity index is 496. The normalized spacial score (nSPS) is 12.1. The van der Waals surface area contributed by atoms with Gasteiger partial charge in [-0.3, -0.25) is 0 Å². The van der Waals surface area contributed by atoms with Crippen molar-refractivity contribution in [3.8, 4) is 5.75 Å². The van der Waals surface area contributed by atoms with Crippen molar-refractivity contribution in [3.05, 3.63) is 54.1 Å². The number of aromatic nitrogens is 2. The lowest BCUT2D eigenvalue weighted by molar-refractivity contribution is 0.303. The summed E-state index contributed by atoms with van der Waals surface area (Å²) in [5, 5.41) is 0. The lowest BCUT2D eigenvalue weighted by Crippen LogP contribution is -2.04. The summed E-state index contributed by atoms with van der Waals surface area (Å²) < 4.78 is 5.62. The Morgan fingerprint density at radius 3 is 2.40 bits per heavy atom. The number of rotatable bonds is 7. The van der Waals surface area contributed by atoms with Gasteiger partial charge in [-0.25, -0.2) is 9.97 Å². The van der Waals surface area contributed by atoms with Crippen LogP contribution in [0.3, 0.4) is 0 Å². The molecule has 106 valence electrons. The zero-order valence-corrected chi connectivity index (χ0v) is 12.2. The van der Waals surface area contributed by atoms with Crippen molar-refractivity contribution in [1.82, 2.24) is 9.97 Å². The predicted octanol–water partition coefficient (Wildman–Crippen LogP) is 4.20. The Morgan fingerprint density at radius 2 is 1.75 bits per heavy atom. The van der Waals surface area contributed by atoms with Gasteiger partial charge in [0.15, 0.2) is 5.75 Å². The van der Waals surface area contributed by atoms with Crippen molar-refractivity contribution < 1.29 is 4.74 Å². The van der Waals surface area contributed by atoms with Gasteiger partial charge in [-0.2, -0.15) is 0 Å². The standard InChI is InChI=1S/C17H22N2O/c1-3-4-8-11-20-16-12-18-17(19-13-16)14(2)15-9-6-5-7-10-15/h5-7,9-10,12-14H,3-4,8,11H2,1-2H3. The SMILES string of the molecule is CCCCCOc1cnc(C(C)c2ccccc2)nc1. The molecule has 0 amide bonds. The summed E-state index contributed by atoms with van der Waals surface area (Å²) in [6.45, 7) is 5.04. The van der Waals surface area contributed by atoms with Crippen LogP contribution in [0.4, 0.5) is 0 Å². The molecule has 0 spiro atoms. The van der Waals surface area contributed by atoms with Crippen LogP contribution in [0.2, 0.25) is 0 Å². The minimum atomic E-state index is 0.199. The zero-order valence-electron chi connectivity index (χ0n) is 12.2. The van der Waals surface area contributed by atoms with E-state index in [1.54, 1.807) is 12.4 Å². The van der Waals surface area contributed by atoms with Gasteiger partial charge in [0.2, 0.25) is 0 Å². The molecule has 1 atom stereocenters. The van der Waals surface area contributed by atoms with E-state index in [9.17, 15) is 0 Å². The van der Waals surface area contributed by atoms with E-state index in [1.807, 2.05) is 18.2 Å². The second-order valence-corrected chi connectivity index (χ2v) is 4.96. The van der Waals surface area contributed by atoms with E-state index in [1.165, 1.54) is 18.4 Å². The maximum atomic E-state index is 5.62. The van der Waals surface area contributed by atoms with Gasteiger partial charge in [-0.05, 0) is 12.0 Å². The van der Waals surface area contributed by atoms with Crippen LogP contribution < -0.4 is 4.74 Å². The first-order valence-electron chi connectivity index (χ1n) is 7.31. The average molecular weight is 270 g/mol. The van der Waals surface area contributed by atoms with Crippen molar-refractivity contribution in [2.24, 2.45) is 0 Å². The fourth-order valence-corrected chi connectivity index (χ4v) is 2.06. The first-order valence-corrected chi connectivity index (χ1v) is 7.31. The summed E-state index contributed by atoms with van der Waals surface area (Å²) in [4.78, 5) is 8.84. The Kier molecular flexibility index (Phi) is 5.54. The summed E-state index contributed by atoms with van der Waals surface area (Å²) in [5.41, 5.74) is 1.23. The molecule has 0 saturated heterocycles. The summed E-state index contributed by atoms with van der Waals surface area (Å²) in [6, 6.07) is 10.3. The van der Waals surface area contributed by atoms with E-state index in [2.05, 4.69) is 35.9 Å². The number of hydrogen-bond donors (Lipinski definition) is 0. The van der Waals surface area contributed by atoms with Crippen LogP contribution in [-0.2, 0) is 0 Å². The predicted molar refractivity (Wildman–Crippen MR) is 81.0 cm³/mol. The minimum absolute atomic E-state index is 0.199. The largest absolute Gasteiger partial charge is 0.490 e. The average Bonchev–Trinajstić information content (AvgIpc) is 2.52. The van der Waals surface area contributed by atoms with Gasteiger partial charge in [0.25, 0.3) is 0 Å². The molecule has 1 aromatic heterocycles. The van der Waals surface area contributed by atoms with Crippen molar-refractivity contribution in [3.63, 3.8) is 0 Å². The Balaban J connectivity index is 1.94. The van der Waals surface area contributed by atoms with E-state index in [4.69, 9.17) is 4.74 Å². The fourth-order valence-electron chi connectivity index (χ4n) is 2.06. The van der Waals surface area contributed by atoms with Crippen LogP contribution in [0.1, 0.15) is 50.4 Å². The highest BCUT2D eigenvalue weighted by molar-refractivity contribution is 5.25. The van der Waals surface area contributed by atoms with Crippen LogP contribution >= 0.6 is 0 Å². The van der Waals surface area contributed by atoms with E-state index in [0.717, 1.165) is 24.6 Å². The highest BCUT2D eigenvalue weighted by atomic mass is 16.5. The molecule has 0 aliphatic heterocycles. The molecule has 2 rings (SSSR count). The number of benzene rings is 1. The Hall–Kier alpha value is -1.90. The van der Waals surface area contributed by atoms with Gasteiger partial charge >= 0.3 is 0 Å². The second-order valence-electron chi connectivity index (χ2n) is 4.96. The minimum Gasteiger partial charge on any atom is -0.490 e. The topological polar surface area (TPSA) is 35.0 Å². The molecular formula is C17H22N2O. The molecule has 20 heavy (non-hydrogen) atoms. The number of ether oxygens (including phenoxy) is 1. The van der Waals surface area contributed by atoms with Crippen molar-refractivity contribution >= 4 is 0 Å². The molecule has 0 N–H and O–H groups in total. The van der Waals surface area contributed by atoms with Gasteiger partial charge in [-0.15, -0.1) is 0 Å². The lowest BCUT2D eigenvalue weighted by Gasteiger charge is -2.11. The van der Waals surface area contributed by atoms with Gasteiger partial charge in [0.1, 0.15) is 5.82 Å². The monoisotopic (exact) mass is 270 g/mol. The lowest BCUT2D eigenvalue weighted by atomic mass is 10.0. The summed E-state index contributed by atoms with van der Waals surface area (Å²) in [6.07, 6.45) is 7.03. The van der Waals surface area contributed by atoms with E-state index in [-0.39, 0.29) is 5.92 Å². The maximum absolute atomic E-state index is 5.62. The molecule has 3 heteroatoms. The third-order valence-corrected chi connectivity index (χ3v) is 3.35. The van der Waals surface area contributed by atoms with Crippen LogP contribution in [0.15, 0.2) is 42.7 Å². The molecular weight excluding hydrogens is 248 g/mol. The number of unbranched alkanes of at least 4 members (excludes halogenated alkanes) is 2. The van der Waals surface area contributed by atoms with E-state index >= 15 is 0 Å². The zero-order chi connectivity index (χ0) is 14.2. The molecule has 0 saturated carbocycles. The molecule has 2 aromatic rings. The van der Waals surface area contributed by atoms with Gasteiger partial charge in [0.05, 0.1) is 19.0 Å². The highest BCUT2D eigenvalue weighted by Gasteiger charge is 2.10. The van der Waals surface area contributed by atoms with Crippen LogP contribution in [0, 0.1) is 0 Å². The van der Waals surface area contributed by atoms with Gasteiger partial charge < -0.3 is 4.74 Å². The van der Waals surface area contributed by atoms with Crippen LogP contribution in [0.5, 0.6) is 5.75 Å². The summed E-state index contributed by atoms with van der Waals surface area (Å²) in [5.74, 6) is 1.78. The smallest absolute Gasteiger partial charge is 0.155 e. The number of nitrogens with zero attached hydrogens (tertiary/aromatic N) is 2. The molecule has 1 aromatic carbocycles. The molecule has 3 nitrogen and oxygen atoms in total. The van der Waals surface area contributed by atoms with E-state index in [0.29, 0.717) is 0 Å². The Labute approximate surface area is 121 Å². The van der Waals surface area contributed by atoms with Crippen LogP contribution in [0.25, 0.3) is 0 Å². The number of hydrogen-bond acceptors (Lipinski definition) is 3. The summed E-state index contributed by atoms with van der Waals surface area (Å²) in [7, 11) is 0. The molecule has 0 fully saturated rings. The second kappa shape index (κ2) is 7.63. The summed E-state index contributed by atoms with van der Waals surface area (Å²) >= 11 is 0. The fraction of sp³-hybridized carbons (Fsp3) is 0.412. The third kappa shape index (κ3) is 4.05. The van der Waals surface area contributed by atoms with Gasteiger partial charge in [-0.1, -0.05) is 57.0 Å². The van der Waals surface area contributed by atoms with Crippen molar-refractivity contribution in [2.45, 2.75) is 39.0 Å². The first kappa shape index (κ1) is 14.5. The molecule has 0 aliphatic rings.